The molecule has 0 fully saturated rings. The third-order valence-electron chi connectivity index (χ3n) is 3.13. The van der Waals surface area contributed by atoms with Crippen molar-refractivity contribution in [3.8, 4) is 0 Å². The average molecular weight is 397 g/mol. The van der Waals surface area contributed by atoms with Gasteiger partial charge in [0.2, 0.25) is 10.0 Å². The van der Waals surface area contributed by atoms with Gasteiger partial charge in [-0.1, -0.05) is 27.6 Å². The van der Waals surface area contributed by atoms with Crippen molar-refractivity contribution < 1.29 is 13.2 Å². The van der Waals surface area contributed by atoms with Gasteiger partial charge in [-0.15, -0.1) is 0 Å². The van der Waals surface area contributed by atoms with Crippen LogP contribution in [0.2, 0.25) is 0 Å². The van der Waals surface area contributed by atoms with E-state index in [1.807, 2.05) is 26.0 Å². The van der Waals surface area contributed by atoms with Gasteiger partial charge in [0, 0.05) is 10.2 Å². The van der Waals surface area contributed by atoms with E-state index in [9.17, 15) is 13.2 Å². The summed E-state index contributed by atoms with van der Waals surface area (Å²) in [6, 6.07) is 10.4. The van der Waals surface area contributed by atoms with Crippen LogP contribution >= 0.6 is 15.9 Å². The molecular weight excluding hydrogens is 380 g/mol. The summed E-state index contributed by atoms with van der Waals surface area (Å²) in [5, 5.41) is 2.79. The molecule has 0 atom stereocenters. The van der Waals surface area contributed by atoms with Gasteiger partial charge in [-0.25, -0.2) is 8.42 Å². The van der Waals surface area contributed by atoms with Crippen LogP contribution in [0.4, 0.5) is 11.4 Å². The first kappa shape index (κ1) is 17.5. The van der Waals surface area contributed by atoms with Gasteiger partial charge in [0.15, 0.2) is 0 Å². The molecule has 122 valence electrons. The van der Waals surface area contributed by atoms with Crippen LogP contribution in [0.3, 0.4) is 0 Å². The van der Waals surface area contributed by atoms with Crippen LogP contribution in [0.1, 0.15) is 21.5 Å². The summed E-state index contributed by atoms with van der Waals surface area (Å²) in [5.74, 6) is -0.374. The number of aryl methyl sites for hydroxylation is 2. The monoisotopic (exact) mass is 396 g/mol. The smallest absolute Gasteiger partial charge is 0.257 e. The molecular formula is C16H17BrN2O3S. The number of carbonyl (C=O) groups excluding carboxylic acids is 1. The van der Waals surface area contributed by atoms with Crippen LogP contribution in [0.5, 0.6) is 0 Å². The first-order valence-electron chi connectivity index (χ1n) is 6.81. The third kappa shape index (κ3) is 4.80. The van der Waals surface area contributed by atoms with Gasteiger partial charge >= 0.3 is 0 Å². The Morgan fingerprint density at radius 1 is 1.09 bits per heavy atom. The van der Waals surface area contributed by atoms with E-state index in [1.54, 1.807) is 24.3 Å². The highest BCUT2D eigenvalue weighted by molar-refractivity contribution is 9.10. The van der Waals surface area contributed by atoms with Gasteiger partial charge < -0.3 is 5.32 Å². The van der Waals surface area contributed by atoms with Crippen molar-refractivity contribution in [2.75, 3.05) is 16.3 Å². The van der Waals surface area contributed by atoms with E-state index in [4.69, 9.17) is 0 Å². The van der Waals surface area contributed by atoms with Crippen molar-refractivity contribution >= 4 is 43.2 Å². The Labute approximate surface area is 144 Å². The lowest BCUT2D eigenvalue weighted by Crippen LogP contribution is -2.17. The zero-order chi connectivity index (χ0) is 17.2. The minimum atomic E-state index is -3.47. The Balaban J connectivity index is 2.34. The van der Waals surface area contributed by atoms with Crippen LogP contribution in [-0.2, 0) is 10.0 Å². The van der Waals surface area contributed by atoms with Crippen molar-refractivity contribution in [2.45, 2.75) is 13.8 Å². The molecule has 2 N–H and O–H groups in total. The number of sulfonamides is 1. The fraction of sp³-hybridized carbons (Fsp3) is 0.188. The average Bonchev–Trinajstić information content (AvgIpc) is 2.43. The maximum atomic E-state index is 12.5. The number of rotatable bonds is 4. The van der Waals surface area contributed by atoms with E-state index >= 15 is 0 Å². The van der Waals surface area contributed by atoms with Gasteiger partial charge in [0.25, 0.3) is 5.91 Å². The van der Waals surface area contributed by atoms with Crippen molar-refractivity contribution in [3.05, 3.63) is 57.6 Å². The van der Waals surface area contributed by atoms with E-state index in [2.05, 4.69) is 26.0 Å². The molecule has 0 aliphatic heterocycles. The molecule has 2 rings (SSSR count). The van der Waals surface area contributed by atoms with Crippen molar-refractivity contribution in [1.29, 1.82) is 0 Å². The molecule has 2 aromatic rings. The van der Waals surface area contributed by atoms with Gasteiger partial charge in [-0.05, 0) is 49.7 Å². The number of nitrogens with one attached hydrogen (secondary N) is 2. The topological polar surface area (TPSA) is 75.3 Å². The predicted octanol–water partition coefficient (Wildman–Crippen LogP) is 3.69. The molecule has 0 aliphatic carbocycles. The van der Waals surface area contributed by atoms with Gasteiger partial charge in [0.1, 0.15) is 0 Å². The number of anilines is 2. The second kappa shape index (κ2) is 6.72. The zero-order valence-corrected chi connectivity index (χ0v) is 15.4. The van der Waals surface area contributed by atoms with Crippen LogP contribution in [0, 0.1) is 13.8 Å². The quantitative estimate of drug-likeness (QED) is 0.827. The summed E-state index contributed by atoms with van der Waals surface area (Å²) in [7, 11) is -3.47. The molecule has 23 heavy (non-hydrogen) atoms. The van der Waals surface area contributed by atoms with E-state index in [1.165, 1.54) is 0 Å². The van der Waals surface area contributed by atoms with E-state index in [0.717, 1.165) is 21.9 Å². The van der Waals surface area contributed by atoms with Crippen LogP contribution in [-0.4, -0.2) is 20.6 Å². The minimum Gasteiger partial charge on any atom is -0.322 e. The molecule has 0 aliphatic rings. The zero-order valence-electron chi connectivity index (χ0n) is 13.0. The summed E-state index contributed by atoms with van der Waals surface area (Å²) in [6.45, 7) is 3.76. The fourth-order valence-corrected chi connectivity index (χ4v) is 2.88. The van der Waals surface area contributed by atoms with Crippen LogP contribution in [0.25, 0.3) is 0 Å². The summed E-state index contributed by atoms with van der Waals surface area (Å²) in [4.78, 5) is 12.5. The first-order chi connectivity index (χ1) is 10.7. The lowest BCUT2D eigenvalue weighted by molar-refractivity contribution is 0.102. The van der Waals surface area contributed by atoms with Crippen molar-refractivity contribution in [3.63, 3.8) is 0 Å². The molecule has 0 radical (unpaired) electrons. The van der Waals surface area contributed by atoms with Gasteiger partial charge in [-0.3, -0.25) is 9.52 Å². The first-order valence-corrected chi connectivity index (χ1v) is 9.50. The standard InChI is InChI=1S/C16H17BrN2O3S/c1-10-4-7-15(19-23(3,21)22)13(8-10)16(20)18-12-5-6-14(17)11(2)9-12/h4-9,19H,1-3H3,(H,18,20). The molecule has 2 aromatic carbocycles. The Morgan fingerprint density at radius 3 is 2.39 bits per heavy atom. The summed E-state index contributed by atoms with van der Waals surface area (Å²) < 4.78 is 26.2. The molecule has 0 saturated heterocycles. The molecule has 0 saturated carbocycles. The Morgan fingerprint density at radius 2 is 1.78 bits per heavy atom. The number of amides is 1. The van der Waals surface area contributed by atoms with Gasteiger partial charge in [-0.2, -0.15) is 0 Å². The van der Waals surface area contributed by atoms with E-state index in [-0.39, 0.29) is 17.2 Å². The fourth-order valence-electron chi connectivity index (χ4n) is 2.06. The Bertz CT molecular complexity index is 864. The molecule has 5 nitrogen and oxygen atoms in total. The highest BCUT2D eigenvalue weighted by atomic mass is 79.9. The molecule has 0 heterocycles. The number of halogens is 1. The highest BCUT2D eigenvalue weighted by Crippen LogP contribution is 2.23. The minimum absolute atomic E-state index is 0.254. The number of carbonyl (C=O) groups is 1. The maximum absolute atomic E-state index is 12.5. The summed E-state index contributed by atoms with van der Waals surface area (Å²) in [5.41, 5.74) is 3.02. The lowest BCUT2D eigenvalue weighted by atomic mass is 10.1. The predicted molar refractivity (Wildman–Crippen MR) is 96.5 cm³/mol. The molecule has 0 unspecified atom stereocenters. The van der Waals surface area contributed by atoms with E-state index in [0.29, 0.717) is 5.69 Å². The van der Waals surface area contributed by atoms with E-state index < -0.39 is 10.0 Å². The molecule has 0 bridgehead atoms. The second-order valence-corrected chi connectivity index (χ2v) is 7.94. The maximum Gasteiger partial charge on any atom is 0.257 e. The van der Waals surface area contributed by atoms with Crippen LogP contribution < -0.4 is 10.0 Å². The molecule has 0 spiro atoms. The Hall–Kier alpha value is -1.86. The summed E-state index contributed by atoms with van der Waals surface area (Å²) >= 11 is 3.41. The SMILES string of the molecule is Cc1ccc(NS(C)(=O)=O)c(C(=O)Nc2ccc(Br)c(C)c2)c1. The third-order valence-corrected chi connectivity index (χ3v) is 4.61. The van der Waals surface area contributed by atoms with Gasteiger partial charge in [0.05, 0.1) is 17.5 Å². The lowest BCUT2D eigenvalue weighted by Gasteiger charge is -2.12. The second-order valence-electron chi connectivity index (χ2n) is 5.34. The normalized spacial score (nSPS) is 11.1. The number of hydrogen-bond acceptors (Lipinski definition) is 3. The van der Waals surface area contributed by atoms with Crippen molar-refractivity contribution in [2.24, 2.45) is 0 Å². The molecule has 0 aromatic heterocycles. The van der Waals surface area contributed by atoms with Crippen molar-refractivity contribution in [1.82, 2.24) is 0 Å². The summed E-state index contributed by atoms with van der Waals surface area (Å²) in [6.07, 6.45) is 1.05. The Kier molecular flexibility index (Phi) is 5.11. The van der Waals surface area contributed by atoms with Crippen LogP contribution in [0.15, 0.2) is 40.9 Å². The highest BCUT2D eigenvalue weighted by Gasteiger charge is 2.15. The molecule has 7 heteroatoms. The molecule has 1 amide bonds. The number of benzene rings is 2. The largest absolute Gasteiger partial charge is 0.322 e. The number of hydrogen-bond donors (Lipinski definition) is 2.